The Balaban J connectivity index is 3.41. The van der Waals surface area contributed by atoms with E-state index >= 15 is 0 Å². The molecule has 0 atom stereocenters. The van der Waals surface area contributed by atoms with Crippen molar-refractivity contribution in [3.63, 3.8) is 0 Å². The first-order chi connectivity index (χ1) is 8.75. The molecule has 6 heteroatoms. The smallest absolute Gasteiger partial charge is 0.207 e. The van der Waals surface area contributed by atoms with Gasteiger partial charge in [-0.15, -0.1) is 11.6 Å². The van der Waals surface area contributed by atoms with Gasteiger partial charge in [0.2, 0.25) is 10.0 Å². The van der Waals surface area contributed by atoms with Gasteiger partial charge in [-0.3, -0.25) is 0 Å². The minimum Gasteiger partial charge on any atom is -0.207 e. The van der Waals surface area contributed by atoms with E-state index in [1.165, 1.54) is 23.4 Å². The lowest BCUT2D eigenvalue weighted by atomic mass is 10.1. The number of sulfonamides is 1. The molecule has 0 N–H and O–H groups in total. The fourth-order valence-corrected chi connectivity index (χ4v) is 3.98. The van der Waals surface area contributed by atoms with Gasteiger partial charge >= 0.3 is 0 Å². The fourth-order valence-electron chi connectivity index (χ4n) is 2.00. The highest BCUT2D eigenvalue weighted by Crippen LogP contribution is 2.24. The number of hydrogen-bond donors (Lipinski definition) is 0. The Hall–Kier alpha value is -0.650. The molecule has 0 unspecified atom stereocenters. The third kappa shape index (κ3) is 3.27. The molecule has 0 fully saturated rings. The second-order valence-corrected chi connectivity index (χ2v) is 6.81. The van der Waals surface area contributed by atoms with Crippen LogP contribution >= 0.6 is 11.6 Å². The van der Waals surface area contributed by atoms with E-state index in [9.17, 15) is 12.8 Å². The lowest BCUT2D eigenvalue weighted by Crippen LogP contribution is -2.36. The van der Waals surface area contributed by atoms with Crippen LogP contribution in [0.25, 0.3) is 0 Å². The fraction of sp³-hybridized carbons (Fsp3) is 0.538. The molecule has 108 valence electrons. The summed E-state index contributed by atoms with van der Waals surface area (Å²) in [5, 5.41) is 0. The highest BCUT2D eigenvalue weighted by Gasteiger charge is 2.26. The zero-order valence-corrected chi connectivity index (χ0v) is 13.1. The van der Waals surface area contributed by atoms with E-state index in [1.54, 1.807) is 20.8 Å². The van der Waals surface area contributed by atoms with Crippen molar-refractivity contribution in [3.8, 4) is 0 Å². The molecule has 19 heavy (non-hydrogen) atoms. The zero-order valence-electron chi connectivity index (χ0n) is 11.6. The molecule has 1 aromatic rings. The van der Waals surface area contributed by atoms with E-state index in [1.807, 2.05) is 0 Å². The lowest BCUT2D eigenvalue weighted by Gasteiger charge is -2.24. The van der Waals surface area contributed by atoms with Crippen molar-refractivity contribution in [1.82, 2.24) is 4.31 Å². The summed E-state index contributed by atoms with van der Waals surface area (Å²) in [6.45, 7) is 7.29. The van der Waals surface area contributed by atoms with E-state index in [0.717, 1.165) is 0 Å². The molecule has 0 aliphatic carbocycles. The van der Waals surface area contributed by atoms with E-state index in [2.05, 4.69) is 0 Å². The van der Waals surface area contributed by atoms with Crippen molar-refractivity contribution >= 4 is 21.6 Å². The Morgan fingerprint density at radius 3 is 2.37 bits per heavy atom. The van der Waals surface area contributed by atoms with Gasteiger partial charge in [0.15, 0.2) is 0 Å². The summed E-state index contributed by atoms with van der Waals surface area (Å²) in [6.07, 6.45) is 0. The third-order valence-electron chi connectivity index (χ3n) is 2.94. The maximum atomic E-state index is 13.7. The van der Waals surface area contributed by atoms with Crippen LogP contribution < -0.4 is 0 Å². The van der Waals surface area contributed by atoms with Crippen molar-refractivity contribution in [2.45, 2.75) is 44.5 Å². The predicted octanol–water partition coefficient (Wildman–Crippen LogP) is 3.29. The van der Waals surface area contributed by atoms with Gasteiger partial charge in [0.25, 0.3) is 0 Å². The SMILES string of the molecule is CCN(C(C)C)S(=O)(=O)c1cc(C)c(F)c(CCl)c1. The topological polar surface area (TPSA) is 37.4 Å². The standard InChI is InChI=1S/C13H19ClFNO2S/c1-5-16(9(2)3)19(17,18)12-6-10(4)13(15)11(7-12)8-14/h6-7,9H,5,8H2,1-4H3. The molecule has 1 rings (SSSR count). The molecular weight excluding hydrogens is 289 g/mol. The minimum absolute atomic E-state index is 0.0517. The molecule has 0 saturated heterocycles. The Morgan fingerprint density at radius 1 is 1.37 bits per heavy atom. The first-order valence-corrected chi connectivity index (χ1v) is 8.10. The quantitative estimate of drug-likeness (QED) is 0.783. The average molecular weight is 308 g/mol. The number of nitrogens with zero attached hydrogens (tertiary/aromatic N) is 1. The highest BCUT2D eigenvalue weighted by atomic mass is 35.5. The molecule has 0 radical (unpaired) electrons. The van der Waals surface area contributed by atoms with Crippen LogP contribution in [0.1, 0.15) is 31.9 Å². The molecule has 0 heterocycles. The van der Waals surface area contributed by atoms with Crippen LogP contribution in [0, 0.1) is 12.7 Å². The van der Waals surface area contributed by atoms with Crippen molar-refractivity contribution < 1.29 is 12.8 Å². The molecule has 0 aliphatic heterocycles. The van der Waals surface area contributed by atoms with Crippen molar-refractivity contribution in [2.24, 2.45) is 0 Å². The lowest BCUT2D eigenvalue weighted by molar-refractivity contribution is 0.369. The summed E-state index contributed by atoms with van der Waals surface area (Å²) < 4.78 is 40.1. The van der Waals surface area contributed by atoms with Gasteiger partial charge < -0.3 is 0 Å². The molecular formula is C13H19ClFNO2S. The van der Waals surface area contributed by atoms with E-state index < -0.39 is 15.8 Å². The maximum Gasteiger partial charge on any atom is 0.243 e. The molecule has 3 nitrogen and oxygen atoms in total. The molecule has 0 saturated carbocycles. The molecule has 0 amide bonds. The monoisotopic (exact) mass is 307 g/mol. The van der Waals surface area contributed by atoms with Gasteiger partial charge in [0.05, 0.1) is 10.8 Å². The second-order valence-electron chi connectivity index (χ2n) is 4.65. The zero-order chi connectivity index (χ0) is 14.8. The number of rotatable bonds is 5. The van der Waals surface area contributed by atoms with Crippen molar-refractivity contribution in [1.29, 1.82) is 0 Å². The molecule has 0 spiro atoms. The van der Waals surface area contributed by atoms with Crippen LogP contribution in [0.4, 0.5) is 4.39 Å². The summed E-state index contributed by atoms with van der Waals surface area (Å²) in [6, 6.07) is 2.52. The molecule has 0 aromatic heterocycles. The minimum atomic E-state index is -3.61. The third-order valence-corrected chi connectivity index (χ3v) is 5.36. The number of aryl methyl sites for hydroxylation is 1. The van der Waals surface area contributed by atoms with Crippen LogP contribution in [0.15, 0.2) is 17.0 Å². The second kappa shape index (κ2) is 6.20. The summed E-state index contributed by atoms with van der Waals surface area (Å²) in [7, 11) is -3.61. The Kier molecular flexibility index (Phi) is 5.35. The van der Waals surface area contributed by atoms with Gasteiger partial charge in [0, 0.05) is 18.2 Å². The van der Waals surface area contributed by atoms with Gasteiger partial charge in [-0.05, 0) is 38.5 Å². The number of halogens is 2. The summed E-state index contributed by atoms with van der Waals surface area (Å²) >= 11 is 5.65. The number of benzene rings is 1. The van der Waals surface area contributed by atoms with E-state index in [4.69, 9.17) is 11.6 Å². The van der Waals surface area contributed by atoms with Crippen LogP contribution in [0.3, 0.4) is 0 Å². The summed E-state index contributed by atoms with van der Waals surface area (Å²) in [4.78, 5) is 0.0950. The van der Waals surface area contributed by atoms with Gasteiger partial charge in [-0.25, -0.2) is 12.8 Å². The van der Waals surface area contributed by atoms with Crippen molar-refractivity contribution in [3.05, 3.63) is 29.1 Å². The van der Waals surface area contributed by atoms with Crippen LogP contribution in [-0.4, -0.2) is 25.3 Å². The Labute approximate surface area is 119 Å². The normalized spacial score (nSPS) is 12.4. The summed E-state index contributed by atoms with van der Waals surface area (Å²) in [5.74, 6) is -0.495. The largest absolute Gasteiger partial charge is 0.243 e. The molecule has 1 aromatic carbocycles. The average Bonchev–Trinajstić information content (AvgIpc) is 2.32. The summed E-state index contributed by atoms with van der Waals surface area (Å²) in [5.41, 5.74) is 0.497. The molecule has 0 aliphatic rings. The predicted molar refractivity (Wildman–Crippen MR) is 75.4 cm³/mol. The Bertz CT molecular complexity index is 558. The van der Waals surface area contributed by atoms with Crippen LogP contribution in [-0.2, 0) is 15.9 Å². The maximum absolute atomic E-state index is 13.7. The van der Waals surface area contributed by atoms with Gasteiger partial charge in [-0.1, -0.05) is 6.92 Å². The number of hydrogen-bond acceptors (Lipinski definition) is 2. The first-order valence-electron chi connectivity index (χ1n) is 6.12. The van der Waals surface area contributed by atoms with E-state index in [0.29, 0.717) is 6.54 Å². The van der Waals surface area contributed by atoms with E-state index in [-0.39, 0.29) is 27.9 Å². The number of alkyl halides is 1. The first kappa shape index (κ1) is 16.4. The van der Waals surface area contributed by atoms with Crippen molar-refractivity contribution in [2.75, 3.05) is 6.54 Å². The van der Waals surface area contributed by atoms with Crippen LogP contribution in [0.5, 0.6) is 0 Å². The van der Waals surface area contributed by atoms with Crippen LogP contribution in [0.2, 0.25) is 0 Å². The highest BCUT2D eigenvalue weighted by molar-refractivity contribution is 7.89. The molecule has 0 bridgehead atoms. The van der Waals surface area contributed by atoms with Gasteiger partial charge in [-0.2, -0.15) is 4.31 Å². The Morgan fingerprint density at radius 2 is 1.95 bits per heavy atom. The van der Waals surface area contributed by atoms with Gasteiger partial charge in [0.1, 0.15) is 5.82 Å².